The Labute approximate surface area is 82.4 Å². The van der Waals surface area contributed by atoms with Gasteiger partial charge in [0.25, 0.3) is 0 Å². The molecule has 2 nitrogen and oxygen atoms in total. The van der Waals surface area contributed by atoms with Gasteiger partial charge < -0.3 is 5.32 Å². The van der Waals surface area contributed by atoms with Crippen LogP contribution in [0.3, 0.4) is 0 Å². The van der Waals surface area contributed by atoms with Gasteiger partial charge in [-0.15, -0.1) is 6.58 Å². The molecule has 0 saturated carbocycles. The van der Waals surface area contributed by atoms with E-state index in [0.29, 0.717) is 17.1 Å². The minimum absolute atomic E-state index is 0.556. The zero-order chi connectivity index (χ0) is 9.68. The van der Waals surface area contributed by atoms with Gasteiger partial charge in [0.1, 0.15) is 0 Å². The maximum atomic E-state index is 8.58. The van der Waals surface area contributed by atoms with Gasteiger partial charge in [0.05, 0.1) is 22.3 Å². The third-order valence-corrected chi connectivity index (χ3v) is 1.85. The van der Waals surface area contributed by atoms with E-state index in [2.05, 4.69) is 11.9 Å². The van der Waals surface area contributed by atoms with Crippen molar-refractivity contribution in [2.45, 2.75) is 0 Å². The predicted octanol–water partition coefficient (Wildman–Crippen LogP) is 2.81. The number of anilines is 1. The molecule has 0 aliphatic heterocycles. The van der Waals surface area contributed by atoms with Crippen molar-refractivity contribution in [2.75, 3.05) is 11.9 Å². The van der Waals surface area contributed by atoms with Crippen LogP contribution < -0.4 is 5.32 Å². The van der Waals surface area contributed by atoms with Crippen molar-refractivity contribution in [3.63, 3.8) is 0 Å². The quantitative estimate of drug-likeness (QED) is 0.748. The van der Waals surface area contributed by atoms with Gasteiger partial charge in [-0.3, -0.25) is 0 Å². The molecular formula is C10H9ClN2. The number of benzene rings is 1. The molecule has 1 N–H and O–H groups in total. The van der Waals surface area contributed by atoms with Crippen LogP contribution in [0.4, 0.5) is 5.69 Å². The molecule has 0 aliphatic carbocycles. The topological polar surface area (TPSA) is 35.8 Å². The van der Waals surface area contributed by atoms with Crippen LogP contribution in [0.15, 0.2) is 30.9 Å². The van der Waals surface area contributed by atoms with E-state index in [0.717, 1.165) is 5.69 Å². The van der Waals surface area contributed by atoms with E-state index in [1.165, 1.54) is 0 Å². The van der Waals surface area contributed by atoms with Crippen molar-refractivity contribution in [1.82, 2.24) is 0 Å². The summed E-state index contributed by atoms with van der Waals surface area (Å²) < 4.78 is 0. The molecule has 0 saturated heterocycles. The molecule has 13 heavy (non-hydrogen) atoms. The van der Waals surface area contributed by atoms with E-state index in [4.69, 9.17) is 16.9 Å². The Kier molecular flexibility index (Phi) is 3.36. The van der Waals surface area contributed by atoms with E-state index >= 15 is 0 Å². The summed E-state index contributed by atoms with van der Waals surface area (Å²) >= 11 is 5.90. The summed E-state index contributed by atoms with van der Waals surface area (Å²) in [5, 5.41) is 12.2. The summed E-state index contributed by atoms with van der Waals surface area (Å²) in [5.74, 6) is 0. The molecule has 0 atom stereocenters. The molecule has 0 amide bonds. The van der Waals surface area contributed by atoms with Crippen LogP contribution in [-0.4, -0.2) is 6.54 Å². The number of nitrogens with zero attached hydrogens (tertiary/aromatic N) is 1. The zero-order valence-corrected chi connectivity index (χ0v) is 7.80. The van der Waals surface area contributed by atoms with Crippen LogP contribution in [-0.2, 0) is 0 Å². The Hall–Kier alpha value is -1.46. The molecule has 0 aliphatic rings. The van der Waals surface area contributed by atoms with E-state index in [-0.39, 0.29) is 0 Å². The molecule has 1 aromatic rings. The smallest absolute Gasteiger partial charge is 0.0992 e. The third-order valence-electron chi connectivity index (χ3n) is 1.54. The molecule has 0 spiro atoms. The summed E-state index contributed by atoms with van der Waals surface area (Å²) in [5.41, 5.74) is 1.38. The highest BCUT2D eigenvalue weighted by Gasteiger charge is 1.99. The SMILES string of the molecule is C=CCNc1ccc(C#N)cc1Cl. The first-order valence-electron chi connectivity index (χ1n) is 3.82. The molecular weight excluding hydrogens is 184 g/mol. The molecule has 66 valence electrons. The highest BCUT2D eigenvalue weighted by Crippen LogP contribution is 2.22. The molecule has 0 fully saturated rings. The van der Waals surface area contributed by atoms with Crippen LogP contribution in [0, 0.1) is 11.3 Å². The van der Waals surface area contributed by atoms with Crippen molar-refractivity contribution in [1.29, 1.82) is 5.26 Å². The van der Waals surface area contributed by atoms with Gasteiger partial charge in [0.2, 0.25) is 0 Å². The molecule has 0 heterocycles. The highest BCUT2D eigenvalue weighted by molar-refractivity contribution is 6.33. The fourth-order valence-corrected chi connectivity index (χ4v) is 1.16. The minimum atomic E-state index is 0.556. The lowest BCUT2D eigenvalue weighted by molar-refractivity contribution is 1.34. The van der Waals surface area contributed by atoms with Gasteiger partial charge in [-0.1, -0.05) is 17.7 Å². The third kappa shape index (κ3) is 2.50. The first-order valence-corrected chi connectivity index (χ1v) is 4.20. The number of hydrogen-bond donors (Lipinski definition) is 1. The van der Waals surface area contributed by atoms with Crippen LogP contribution in [0.25, 0.3) is 0 Å². The summed E-state index contributed by atoms with van der Waals surface area (Å²) in [6.45, 7) is 4.24. The van der Waals surface area contributed by atoms with Crippen molar-refractivity contribution >= 4 is 17.3 Å². The second kappa shape index (κ2) is 4.54. The lowest BCUT2D eigenvalue weighted by Crippen LogP contribution is -1.98. The number of hydrogen-bond acceptors (Lipinski definition) is 2. The van der Waals surface area contributed by atoms with E-state index in [1.54, 1.807) is 24.3 Å². The fraction of sp³-hybridized carbons (Fsp3) is 0.100. The predicted molar refractivity (Wildman–Crippen MR) is 54.9 cm³/mol. The van der Waals surface area contributed by atoms with Gasteiger partial charge in [0.15, 0.2) is 0 Å². The van der Waals surface area contributed by atoms with E-state index in [1.807, 2.05) is 6.07 Å². The number of rotatable bonds is 3. The van der Waals surface area contributed by atoms with Crippen LogP contribution in [0.2, 0.25) is 5.02 Å². The van der Waals surface area contributed by atoms with Crippen LogP contribution in [0.1, 0.15) is 5.56 Å². The van der Waals surface area contributed by atoms with Crippen molar-refractivity contribution in [3.8, 4) is 6.07 Å². The Morgan fingerprint density at radius 2 is 2.38 bits per heavy atom. The minimum Gasteiger partial charge on any atom is -0.380 e. The first kappa shape index (κ1) is 9.63. The van der Waals surface area contributed by atoms with Gasteiger partial charge in [0, 0.05) is 6.54 Å². The molecule has 0 unspecified atom stereocenters. The van der Waals surface area contributed by atoms with Crippen molar-refractivity contribution in [2.24, 2.45) is 0 Å². The lowest BCUT2D eigenvalue weighted by atomic mass is 10.2. The first-order chi connectivity index (χ1) is 6.27. The maximum absolute atomic E-state index is 8.58. The van der Waals surface area contributed by atoms with E-state index in [9.17, 15) is 0 Å². The maximum Gasteiger partial charge on any atom is 0.0992 e. The Morgan fingerprint density at radius 1 is 1.62 bits per heavy atom. The van der Waals surface area contributed by atoms with Crippen molar-refractivity contribution < 1.29 is 0 Å². The average Bonchev–Trinajstić information content (AvgIpc) is 2.16. The average molecular weight is 193 g/mol. The van der Waals surface area contributed by atoms with Gasteiger partial charge >= 0.3 is 0 Å². The summed E-state index contributed by atoms with van der Waals surface area (Å²) in [4.78, 5) is 0. The lowest BCUT2D eigenvalue weighted by Gasteiger charge is -2.05. The molecule has 0 aromatic heterocycles. The van der Waals surface area contributed by atoms with Gasteiger partial charge in [-0.25, -0.2) is 0 Å². The largest absolute Gasteiger partial charge is 0.380 e. The Bertz CT molecular complexity index is 352. The van der Waals surface area contributed by atoms with E-state index < -0.39 is 0 Å². The summed E-state index contributed by atoms with van der Waals surface area (Å²) in [7, 11) is 0. The second-order valence-electron chi connectivity index (χ2n) is 2.48. The monoisotopic (exact) mass is 192 g/mol. The van der Waals surface area contributed by atoms with Gasteiger partial charge in [-0.05, 0) is 18.2 Å². The highest BCUT2D eigenvalue weighted by atomic mass is 35.5. The molecule has 3 heteroatoms. The van der Waals surface area contributed by atoms with Crippen molar-refractivity contribution in [3.05, 3.63) is 41.4 Å². The zero-order valence-electron chi connectivity index (χ0n) is 7.05. The fourth-order valence-electron chi connectivity index (χ4n) is 0.910. The number of halogens is 1. The van der Waals surface area contributed by atoms with Crippen LogP contribution in [0.5, 0.6) is 0 Å². The van der Waals surface area contributed by atoms with Crippen LogP contribution >= 0.6 is 11.6 Å². The van der Waals surface area contributed by atoms with Gasteiger partial charge in [-0.2, -0.15) is 5.26 Å². The number of nitriles is 1. The summed E-state index contributed by atoms with van der Waals surface area (Å²) in [6.07, 6.45) is 1.74. The normalized spacial score (nSPS) is 8.92. The molecule has 1 rings (SSSR count). The molecule has 1 aromatic carbocycles. The second-order valence-corrected chi connectivity index (χ2v) is 2.88. The Morgan fingerprint density at radius 3 is 2.92 bits per heavy atom. The molecule has 0 radical (unpaired) electrons. The molecule has 0 bridgehead atoms. The number of nitrogens with one attached hydrogen (secondary N) is 1. The standard InChI is InChI=1S/C10H9ClN2/c1-2-5-13-10-4-3-8(7-12)6-9(10)11/h2-4,6,13H,1,5H2. The summed E-state index contributed by atoms with van der Waals surface area (Å²) in [6, 6.07) is 7.15. The Balaban J connectivity index is 2.86.